The number of rotatable bonds is 4. The Balaban J connectivity index is 2.10. The van der Waals surface area contributed by atoms with Crippen LogP contribution in [0.3, 0.4) is 0 Å². The van der Waals surface area contributed by atoms with Crippen molar-refractivity contribution in [2.45, 2.75) is 26.3 Å². The van der Waals surface area contributed by atoms with Crippen LogP contribution in [0.1, 0.15) is 18.1 Å². The minimum absolute atomic E-state index is 0.188. The van der Waals surface area contributed by atoms with Crippen molar-refractivity contribution in [2.24, 2.45) is 0 Å². The molecule has 20 heavy (non-hydrogen) atoms. The molecule has 0 aliphatic heterocycles. The van der Waals surface area contributed by atoms with Crippen molar-refractivity contribution in [3.63, 3.8) is 0 Å². The standard InChI is InChI=1S/C16H16Br2FN/c1-10-6-14(17)16(15(18)7-10)20-11(2)8-12-4-3-5-13(19)9-12/h3-7,9,11,20H,8H2,1-2H3. The summed E-state index contributed by atoms with van der Waals surface area (Å²) in [6, 6.07) is 11.1. The largest absolute Gasteiger partial charge is 0.380 e. The average molecular weight is 401 g/mol. The third-order valence-electron chi connectivity index (χ3n) is 3.01. The van der Waals surface area contributed by atoms with Crippen LogP contribution in [0.4, 0.5) is 10.1 Å². The van der Waals surface area contributed by atoms with Crippen molar-refractivity contribution in [1.29, 1.82) is 0 Å². The van der Waals surface area contributed by atoms with E-state index >= 15 is 0 Å². The fourth-order valence-electron chi connectivity index (χ4n) is 2.15. The van der Waals surface area contributed by atoms with Gasteiger partial charge in [-0.1, -0.05) is 12.1 Å². The van der Waals surface area contributed by atoms with E-state index in [9.17, 15) is 4.39 Å². The topological polar surface area (TPSA) is 12.0 Å². The van der Waals surface area contributed by atoms with Crippen molar-refractivity contribution in [3.05, 3.63) is 62.3 Å². The maximum Gasteiger partial charge on any atom is 0.123 e. The second-order valence-electron chi connectivity index (χ2n) is 4.98. The Bertz CT molecular complexity index is 590. The van der Waals surface area contributed by atoms with E-state index in [2.05, 4.69) is 63.2 Å². The number of anilines is 1. The predicted molar refractivity (Wildman–Crippen MR) is 89.8 cm³/mol. The molecule has 1 unspecified atom stereocenters. The van der Waals surface area contributed by atoms with E-state index in [0.717, 1.165) is 26.6 Å². The highest BCUT2D eigenvalue weighted by atomic mass is 79.9. The molecule has 0 saturated carbocycles. The first-order valence-electron chi connectivity index (χ1n) is 6.42. The molecule has 0 aliphatic carbocycles. The number of benzene rings is 2. The molecule has 0 saturated heterocycles. The number of halogens is 3. The molecular weight excluding hydrogens is 385 g/mol. The summed E-state index contributed by atoms with van der Waals surface area (Å²) < 4.78 is 15.2. The molecule has 4 heteroatoms. The summed E-state index contributed by atoms with van der Waals surface area (Å²) in [6.07, 6.45) is 0.768. The highest BCUT2D eigenvalue weighted by molar-refractivity contribution is 9.11. The molecule has 2 aromatic carbocycles. The molecule has 0 aliphatic rings. The van der Waals surface area contributed by atoms with Gasteiger partial charge in [0.15, 0.2) is 0 Å². The van der Waals surface area contributed by atoms with Crippen molar-refractivity contribution >= 4 is 37.5 Å². The van der Waals surface area contributed by atoms with Crippen molar-refractivity contribution < 1.29 is 4.39 Å². The summed E-state index contributed by atoms with van der Waals surface area (Å²) >= 11 is 7.14. The molecule has 0 heterocycles. The smallest absolute Gasteiger partial charge is 0.123 e. The van der Waals surface area contributed by atoms with Gasteiger partial charge in [-0.3, -0.25) is 0 Å². The van der Waals surface area contributed by atoms with E-state index in [1.807, 2.05) is 6.07 Å². The van der Waals surface area contributed by atoms with Gasteiger partial charge in [0.1, 0.15) is 5.82 Å². The summed E-state index contributed by atoms with van der Waals surface area (Å²) in [4.78, 5) is 0. The van der Waals surface area contributed by atoms with Gasteiger partial charge in [-0.2, -0.15) is 0 Å². The monoisotopic (exact) mass is 399 g/mol. The van der Waals surface area contributed by atoms with Gasteiger partial charge < -0.3 is 5.32 Å². The third kappa shape index (κ3) is 4.06. The molecule has 2 rings (SSSR count). The molecule has 0 amide bonds. The van der Waals surface area contributed by atoms with Gasteiger partial charge in [0, 0.05) is 15.0 Å². The fraction of sp³-hybridized carbons (Fsp3) is 0.250. The second-order valence-corrected chi connectivity index (χ2v) is 6.69. The summed E-state index contributed by atoms with van der Waals surface area (Å²) in [6.45, 7) is 4.14. The molecule has 0 aromatic heterocycles. The third-order valence-corrected chi connectivity index (χ3v) is 4.26. The first kappa shape index (κ1) is 15.5. The van der Waals surface area contributed by atoms with Crippen LogP contribution in [0.15, 0.2) is 45.3 Å². The van der Waals surface area contributed by atoms with Gasteiger partial charge in [-0.25, -0.2) is 4.39 Å². The molecule has 0 bridgehead atoms. The van der Waals surface area contributed by atoms with Crippen LogP contribution in [0.2, 0.25) is 0 Å². The predicted octanol–water partition coefficient (Wildman–Crippen LogP) is 5.70. The number of nitrogens with one attached hydrogen (secondary N) is 1. The average Bonchev–Trinajstić information content (AvgIpc) is 2.33. The SMILES string of the molecule is Cc1cc(Br)c(NC(C)Cc2cccc(F)c2)c(Br)c1. The Hall–Kier alpha value is -0.870. The van der Waals surface area contributed by atoms with Crippen LogP contribution < -0.4 is 5.32 Å². The van der Waals surface area contributed by atoms with E-state index < -0.39 is 0 Å². The quantitative estimate of drug-likeness (QED) is 0.693. The maximum absolute atomic E-state index is 13.2. The van der Waals surface area contributed by atoms with Crippen molar-refractivity contribution in [3.8, 4) is 0 Å². The molecule has 0 radical (unpaired) electrons. The van der Waals surface area contributed by atoms with Gasteiger partial charge in [0.2, 0.25) is 0 Å². The van der Waals surface area contributed by atoms with Gasteiger partial charge in [0.05, 0.1) is 5.69 Å². The normalized spacial score (nSPS) is 12.2. The Morgan fingerprint density at radius 1 is 1.15 bits per heavy atom. The first-order valence-corrected chi connectivity index (χ1v) is 8.01. The molecule has 0 fully saturated rings. The molecule has 106 valence electrons. The number of hydrogen-bond acceptors (Lipinski definition) is 1. The lowest BCUT2D eigenvalue weighted by Gasteiger charge is -2.18. The summed E-state index contributed by atoms with van der Waals surface area (Å²) in [5.74, 6) is -0.188. The van der Waals surface area contributed by atoms with E-state index in [1.165, 1.54) is 11.6 Å². The Labute approximate surface area is 135 Å². The van der Waals surface area contributed by atoms with Gasteiger partial charge in [-0.05, 0) is 87.5 Å². The molecule has 1 atom stereocenters. The second kappa shape index (κ2) is 6.72. The van der Waals surface area contributed by atoms with Crippen LogP contribution >= 0.6 is 31.9 Å². The van der Waals surface area contributed by atoms with E-state index in [0.29, 0.717) is 0 Å². The lowest BCUT2D eigenvalue weighted by atomic mass is 10.1. The molecular formula is C16H16Br2FN. The summed E-state index contributed by atoms with van der Waals surface area (Å²) in [7, 11) is 0. The van der Waals surface area contributed by atoms with Crippen LogP contribution in [0.5, 0.6) is 0 Å². The zero-order chi connectivity index (χ0) is 14.7. The Morgan fingerprint density at radius 2 is 1.80 bits per heavy atom. The number of hydrogen-bond donors (Lipinski definition) is 1. The van der Waals surface area contributed by atoms with E-state index in [1.54, 1.807) is 12.1 Å². The molecule has 1 N–H and O–H groups in total. The molecule has 2 aromatic rings. The van der Waals surface area contributed by atoms with Gasteiger partial charge >= 0.3 is 0 Å². The van der Waals surface area contributed by atoms with Gasteiger partial charge in [-0.15, -0.1) is 0 Å². The van der Waals surface area contributed by atoms with Crippen molar-refractivity contribution in [1.82, 2.24) is 0 Å². The minimum atomic E-state index is -0.188. The van der Waals surface area contributed by atoms with E-state index in [4.69, 9.17) is 0 Å². The summed E-state index contributed by atoms with van der Waals surface area (Å²) in [5, 5.41) is 3.46. The zero-order valence-corrected chi connectivity index (χ0v) is 14.6. The highest BCUT2D eigenvalue weighted by Gasteiger charge is 2.10. The summed E-state index contributed by atoms with van der Waals surface area (Å²) in [5.41, 5.74) is 3.20. The fourth-order valence-corrected chi connectivity index (χ4v) is 3.80. The van der Waals surface area contributed by atoms with E-state index in [-0.39, 0.29) is 11.9 Å². The van der Waals surface area contributed by atoms with Crippen LogP contribution in [-0.2, 0) is 6.42 Å². The Morgan fingerprint density at radius 3 is 2.40 bits per heavy atom. The van der Waals surface area contributed by atoms with Crippen LogP contribution in [0.25, 0.3) is 0 Å². The number of aryl methyl sites for hydroxylation is 1. The lowest BCUT2D eigenvalue weighted by Crippen LogP contribution is -2.18. The Kier molecular flexibility index (Phi) is 5.22. The molecule has 0 spiro atoms. The lowest BCUT2D eigenvalue weighted by molar-refractivity contribution is 0.624. The first-order chi connectivity index (χ1) is 9.45. The van der Waals surface area contributed by atoms with Gasteiger partial charge in [0.25, 0.3) is 0 Å². The van der Waals surface area contributed by atoms with Crippen LogP contribution in [0, 0.1) is 12.7 Å². The minimum Gasteiger partial charge on any atom is -0.380 e. The molecule has 1 nitrogen and oxygen atoms in total. The van der Waals surface area contributed by atoms with Crippen LogP contribution in [-0.4, -0.2) is 6.04 Å². The van der Waals surface area contributed by atoms with Crippen molar-refractivity contribution in [2.75, 3.05) is 5.32 Å². The maximum atomic E-state index is 13.2. The zero-order valence-electron chi connectivity index (χ0n) is 11.4. The highest BCUT2D eigenvalue weighted by Crippen LogP contribution is 2.33.